The van der Waals surface area contributed by atoms with Crippen LogP contribution >= 0.6 is 11.6 Å². The van der Waals surface area contributed by atoms with Gasteiger partial charge in [0, 0.05) is 20.7 Å². The van der Waals surface area contributed by atoms with Crippen molar-refractivity contribution < 1.29 is 19.1 Å². The predicted molar refractivity (Wildman–Crippen MR) is 110 cm³/mol. The molecule has 9 nitrogen and oxygen atoms in total. The highest BCUT2D eigenvalue weighted by Gasteiger charge is 2.31. The molecule has 1 fully saturated rings. The standard InChI is InChI=1S/C20H22ClN5O4/c1-4-19(27)26-8-13(10-29-3)30-17(9-26)12-5-15(25-18(21)6-12)14-7-16(20(28)22-2)24-11-23-14/h4-7,11,13,17H,1,8-10H2,2-3H3,(H,22,28)/t13-,17?/m1/s1. The van der Waals surface area contributed by atoms with Crippen molar-refractivity contribution in [3.8, 4) is 11.4 Å². The van der Waals surface area contributed by atoms with Crippen molar-refractivity contribution >= 4 is 23.4 Å². The molecule has 1 aliphatic heterocycles. The van der Waals surface area contributed by atoms with E-state index in [9.17, 15) is 9.59 Å². The summed E-state index contributed by atoms with van der Waals surface area (Å²) in [4.78, 5) is 38.2. The third-order valence-corrected chi connectivity index (χ3v) is 4.78. The highest BCUT2D eigenvalue weighted by atomic mass is 35.5. The summed E-state index contributed by atoms with van der Waals surface area (Å²) in [6, 6.07) is 4.99. The highest BCUT2D eigenvalue weighted by molar-refractivity contribution is 6.29. The van der Waals surface area contributed by atoms with Crippen LogP contribution in [0.3, 0.4) is 0 Å². The Labute approximate surface area is 179 Å². The van der Waals surface area contributed by atoms with Crippen LogP contribution in [0.4, 0.5) is 0 Å². The van der Waals surface area contributed by atoms with Crippen LogP contribution in [0, 0.1) is 0 Å². The number of hydrogen-bond acceptors (Lipinski definition) is 7. The van der Waals surface area contributed by atoms with E-state index >= 15 is 0 Å². The number of ether oxygens (including phenoxy) is 2. The lowest BCUT2D eigenvalue weighted by Crippen LogP contribution is -2.47. The van der Waals surface area contributed by atoms with Gasteiger partial charge in [0.15, 0.2) is 0 Å². The van der Waals surface area contributed by atoms with E-state index in [1.165, 1.54) is 25.5 Å². The minimum absolute atomic E-state index is 0.184. The third-order valence-electron chi connectivity index (χ3n) is 4.58. The van der Waals surface area contributed by atoms with Crippen molar-refractivity contribution in [2.24, 2.45) is 0 Å². The van der Waals surface area contributed by atoms with Gasteiger partial charge in [-0.15, -0.1) is 0 Å². The summed E-state index contributed by atoms with van der Waals surface area (Å²) in [5.41, 5.74) is 1.84. The Morgan fingerprint density at radius 1 is 1.33 bits per heavy atom. The first-order valence-corrected chi connectivity index (χ1v) is 9.60. The highest BCUT2D eigenvalue weighted by Crippen LogP contribution is 2.30. The van der Waals surface area contributed by atoms with Gasteiger partial charge in [-0.2, -0.15) is 0 Å². The zero-order chi connectivity index (χ0) is 21.7. The lowest BCUT2D eigenvalue weighted by Gasteiger charge is -2.37. The number of amides is 2. The number of carbonyl (C=O) groups is 2. The molecule has 0 aliphatic carbocycles. The molecule has 0 radical (unpaired) electrons. The van der Waals surface area contributed by atoms with Crippen LogP contribution in [0.2, 0.25) is 5.15 Å². The normalized spacial score (nSPS) is 18.7. The topological polar surface area (TPSA) is 107 Å². The van der Waals surface area contributed by atoms with E-state index in [-0.39, 0.29) is 28.8 Å². The lowest BCUT2D eigenvalue weighted by molar-refractivity contribution is -0.146. The fourth-order valence-electron chi connectivity index (χ4n) is 3.19. The van der Waals surface area contributed by atoms with Crippen LogP contribution in [-0.4, -0.2) is 71.6 Å². The maximum absolute atomic E-state index is 12.2. The van der Waals surface area contributed by atoms with Crippen LogP contribution in [0.1, 0.15) is 22.2 Å². The second kappa shape index (κ2) is 9.75. The van der Waals surface area contributed by atoms with Crippen LogP contribution in [0.15, 0.2) is 37.2 Å². The minimum Gasteiger partial charge on any atom is -0.382 e. The molecular weight excluding hydrogens is 410 g/mol. The molecule has 2 aromatic rings. The van der Waals surface area contributed by atoms with Crippen LogP contribution in [0.25, 0.3) is 11.4 Å². The number of nitrogens with one attached hydrogen (secondary N) is 1. The Bertz CT molecular complexity index is 955. The van der Waals surface area contributed by atoms with Gasteiger partial charge in [0.2, 0.25) is 5.91 Å². The third kappa shape index (κ3) is 4.99. The van der Waals surface area contributed by atoms with Crippen LogP contribution in [-0.2, 0) is 14.3 Å². The summed E-state index contributed by atoms with van der Waals surface area (Å²) in [6.45, 7) is 4.64. The number of carbonyl (C=O) groups excluding carboxylic acids is 2. The Hall–Kier alpha value is -2.88. The molecule has 0 bridgehead atoms. The molecule has 3 rings (SSSR count). The molecule has 1 N–H and O–H groups in total. The minimum atomic E-state index is -0.442. The Balaban J connectivity index is 1.95. The number of aromatic nitrogens is 3. The molecule has 2 atom stereocenters. The van der Waals surface area contributed by atoms with E-state index in [4.69, 9.17) is 21.1 Å². The molecule has 30 heavy (non-hydrogen) atoms. The van der Waals surface area contributed by atoms with Crippen molar-refractivity contribution in [3.05, 3.63) is 53.6 Å². The summed E-state index contributed by atoms with van der Waals surface area (Å²) in [5, 5.41) is 2.76. The Morgan fingerprint density at radius 3 is 2.83 bits per heavy atom. The molecule has 0 aromatic carbocycles. The van der Waals surface area contributed by atoms with Crippen LogP contribution in [0.5, 0.6) is 0 Å². The van der Waals surface area contributed by atoms with Gasteiger partial charge in [-0.05, 0) is 29.8 Å². The largest absolute Gasteiger partial charge is 0.382 e. The van der Waals surface area contributed by atoms with Gasteiger partial charge in [-0.25, -0.2) is 15.0 Å². The first-order valence-electron chi connectivity index (χ1n) is 9.22. The van der Waals surface area contributed by atoms with E-state index in [2.05, 4.69) is 26.8 Å². The van der Waals surface area contributed by atoms with E-state index in [0.29, 0.717) is 31.1 Å². The monoisotopic (exact) mass is 431 g/mol. The quantitative estimate of drug-likeness (QED) is 0.547. The molecule has 158 valence electrons. The molecule has 2 aromatic heterocycles. The van der Waals surface area contributed by atoms with Crippen molar-refractivity contribution in [3.63, 3.8) is 0 Å². The second-order valence-electron chi connectivity index (χ2n) is 6.63. The van der Waals surface area contributed by atoms with Gasteiger partial charge in [0.05, 0.1) is 30.6 Å². The number of morpholine rings is 1. The number of rotatable bonds is 6. The maximum Gasteiger partial charge on any atom is 0.269 e. The van der Waals surface area contributed by atoms with Gasteiger partial charge in [-0.3, -0.25) is 9.59 Å². The number of halogens is 1. The van der Waals surface area contributed by atoms with E-state index in [1.54, 1.807) is 24.1 Å². The zero-order valence-electron chi connectivity index (χ0n) is 16.7. The van der Waals surface area contributed by atoms with Crippen molar-refractivity contribution in [2.45, 2.75) is 12.2 Å². The average Bonchev–Trinajstić information content (AvgIpc) is 2.77. The fraction of sp³-hybridized carbons (Fsp3) is 0.350. The number of pyridine rings is 1. The van der Waals surface area contributed by atoms with Gasteiger partial charge in [0.1, 0.15) is 23.3 Å². The number of methoxy groups -OCH3 is 1. The molecule has 2 amide bonds. The van der Waals surface area contributed by atoms with E-state index in [0.717, 1.165) is 5.56 Å². The molecule has 10 heteroatoms. The Morgan fingerprint density at radius 2 is 2.13 bits per heavy atom. The SMILES string of the molecule is C=CC(=O)N1CC(c2cc(Cl)nc(-c3cc(C(=O)NC)ncn3)c2)O[C@@H](COC)C1. The molecule has 1 aliphatic rings. The molecule has 1 saturated heterocycles. The lowest BCUT2D eigenvalue weighted by atomic mass is 10.1. The average molecular weight is 432 g/mol. The maximum atomic E-state index is 12.2. The number of nitrogens with zero attached hydrogens (tertiary/aromatic N) is 4. The van der Waals surface area contributed by atoms with Crippen molar-refractivity contribution in [2.75, 3.05) is 33.9 Å². The van der Waals surface area contributed by atoms with Crippen molar-refractivity contribution in [1.29, 1.82) is 0 Å². The van der Waals surface area contributed by atoms with Gasteiger partial charge in [-0.1, -0.05) is 18.2 Å². The van der Waals surface area contributed by atoms with Gasteiger partial charge < -0.3 is 19.7 Å². The summed E-state index contributed by atoms with van der Waals surface area (Å²) < 4.78 is 11.3. The summed E-state index contributed by atoms with van der Waals surface area (Å²) in [7, 11) is 3.10. The zero-order valence-corrected chi connectivity index (χ0v) is 17.4. The van der Waals surface area contributed by atoms with Crippen molar-refractivity contribution in [1.82, 2.24) is 25.2 Å². The molecular formula is C20H22ClN5O4. The van der Waals surface area contributed by atoms with Crippen LogP contribution < -0.4 is 5.32 Å². The number of hydrogen-bond donors (Lipinski definition) is 1. The summed E-state index contributed by atoms with van der Waals surface area (Å²) >= 11 is 6.26. The molecule has 0 spiro atoms. The first kappa shape index (κ1) is 21.8. The molecule has 0 saturated carbocycles. The molecule has 1 unspecified atom stereocenters. The summed E-state index contributed by atoms with van der Waals surface area (Å²) in [6.07, 6.45) is 1.82. The predicted octanol–water partition coefficient (Wildman–Crippen LogP) is 1.65. The van der Waals surface area contributed by atoms with Gasteiger partial charge in [0.25, 0.3) is 5.91 Å². The molecule has 3 heterocycles. The summed E-state index contributed by atoms with van der Waals surface area (Å²) in [5.74, 6) is -0.520. The Kier molecular flexibility index (Phi) is 7.09. The first-order chi connectivity index (χ1) is 14.4. The fourth-order valence-corrected chi connectivity index (χ4v) is 3.41. The smallest absolute Gasteiger partial charge is 0.269 e. The second-order valence-corrected chi connectivity index (χ2v) is 7.01. The van der Waals surface area contributed by atoms with E-state index in [1.807, 2.05) is 0 Å². The van der Waals surface area contributed by atoms with E-state index < -0.39 is 6.10 Å². The van der Waals surface area contributed by atoms with Gasteiger partial charge >= 0.3 is 0 Å².